The lowest BCUT2D eigenvalue weighted by Crippen LogP contribution is -2.18. The summed E-state index contributed by atoms with van der Waals surface area (Å²) in [6, 6.07) is 8.38. The summed E-state index contributed by atoms with van der Waals surface area (Å²) in [5, 5.41) is 3.25. The maximum atomic E-state index is 5.85. The molecule has 0 fully saturated rings. The van der Waals surface area contributed by atoms with Gasteiger partial charge in [-0.05, 0) is 18.4 Å². The highest BCUT2D eigenvalue weighted by atomic mass is 32.1. The van der Waals surface area contributed by atoms with Gasteiger partial charge in [0.05, 0.1) is 5.69 Å². The molecule has 2 N–H and O–H groups in total. The first-order chi connectivity index (χ1) is 8.63. The molecule has 0 bridgehead atoms. The molecule has 1 unspecified atom stereocenters. The molecule has 1 aromatic carbocycles. The fourth-order valence-corrected chi connectivity index (χ4v) is 3.10. The van der Waals surface area contributed by atoms with Crippen molar-refractivity contribution in [2.24, 2.45) is 11.7 Å². The summed E-state index contributed by atoms with van der Waals surface area (Å²) >= 11 is 1.71. The molecule has 96 valence electrons. The Hall–Kier alpha value is -1.19. The molecule has 2 aromatic rings. The number of thiazole rings is 1. The number of nitrogens with two attached hydrogens (primary N) is 1. The zero-order chi connectivity index (χ0) is 13.1. The van der Waals surface area contributed by atoms with Crippen molar-refractivity contribution in [2.45, 2.75) is 26.7 Å². The van der Waals surface area contributed by atoms with E-state index in [0.29, 0.717) is 18.4 Å². The molecule has 1 aromatic heterocycles. The Morgan fingerprint density at radius 3 is 2.61 bits per heavy atom. The van der Waals surface area contributed by atoms with Crippen molar-refractivity contribution in [3.8, 4) is 10.6 Å². The fraction of sp³-hybridized carbons (Fsp3) is 0.400. The molecule has 0 radical (unpaired) electrons. The van der Waals surface area contributed by atoms with Crippen molar-refractivity contribution in [1.29, 1.82) is 0 Å². The number of aryl methyl sites for hydroxylation is 1. The van der Waals surface area contributed by atoms with Crippen LogP contribution >= 0.6 is 11.3 Å². The first kappa shape index (κ1) is 13.2. The van der Waals surface area contributed by atoms with Crippen LogP contribution in [0.15, 0.2) is 29.6 Å². The third-order valence-corrected chi connectivity index (χ3v) is 4.23. The van der Waals surface area contributed by atoms with Gasteiger partial charge in [-0.15, -0.1) is 11.3 Å². The van der Waals surface area contributed by atoms with E-state index in [1.807, 2.05) is 0 Å². The Morgan fingerprint density at radius 1 is 1.28 bits per heavy atom. The van der Waals surface area contributed by atoms with Crippen LogP contribution in [0.4, 0.5) is 0 Å². The topological polar surface area (TPSA) is 38.9 Å². The second-order valence-corrected chi connectivity index (χ2v) is 5.84. The van der Waals surface area contributed by atoms with Crippen molar-refractivity contribution < 1.29 is 0 Å². The second kappa shape index (κ2) is 5.63. The van der Waals surface area contributed by atoms with Crippen LogP contribution in [-0.4, -0.2) is 11.5 Å². The zero-order valence-electron chi connectivity index (χ0n) is 11.2. The Morgan fingerprint density at radius 2 is 2.00 bits per heavy atom. The van der Waals surface area contributed by atoms with Gasteiger partial charge in [0.2, 0.25) is 0 Å². The molecule has 2 nitrogen and oxygen atoms in total. The maximum absolute atomic E-state index is 5.85. The van der Waals surface area contributed by atoms with Gasteiger partial charge in [-0.2, -0.15) is 0 Å². The number of aromatic nitrogens is 1. The smallest absolute Gasteiger partial charge is 0.123 e. The first-order valence-corrected chi connectivity index (χ1v) is 7.23. The van der Waals surface area contributed by atoms with E-state index in [4.69, 9.17) is 10.7 Å². The van der Waals surface area contributed by atoms with E-state index in [1.54, 1.807) is 11.3 Å². The standard InChI is InChI=1S/C15H20N2S/c1-10(2)13(8-16)14-9-18-15(17-14)12-7-5-4-6-11(12)3/h4-7,9-10,13H,8,16H2,1-3H3. The first-order valence-electron chi connectivity index (χ1n) is 6.35. The van der Waals surface area contributed by atoms with Gasteiger partial charge >= 0.3 is 0 Å². The van der Waals surface area contributed by atoms with Gasteiger partial charge in [-0.1, -0.05) is 38.1 Å². The highest BCUT2D eigenvalue weighted by Crippen LogP contribution is 2.31. The largest absolute Gasteiger partial charge is 0.330 e. The Kier molecular flexibility index (Phi) is 4.15. The molecular weight excluding hydrogens is 240 g/mol. The molecule has 0 aliphatic carbocycles. The predicted octanol–water partition coefficient (Wildman–Crippen LogP) is 3.82. The summed E-state index contributed by atoms with van der Waals surface area (Å²) in [5.74, 6) is 0.890. The van der Waals surface area contributed by atoms with Gasteiger partial charge < -0.3 is 5.73 Å². The van der Waals surface area contributed by atoms with E-state index in [9.17, 15) is 0 Å². The van der Waals surface area contributed by atoms with Crippen molar-refractivity contribution >= 4 is 11.3 Å². The number of nitrogens with zero attached hydrogens (tertiary/aromatic N) is 1. The number of hydrogen-bond donors (Lipinski definition) is 1. The molecule has 1 atom stereocenters. The van der Waals surface area contributed by atoms with E-state index in [1.165, 1.54) is 11.1 Å². The SMILES string of the molecule is Cc1ccccc1-c1nc(C(CN)C(C)C)cs1. The summed E-state index contributed by atoms with van der Waals surface area (Å²) in [5.41, 5.74) is 9.48. The summed E-state index contributed by atoms with van der Waals surface area (Å²) < 4.78 is 0. The van der Waals surface area contributed by atoms with E-state index in [0.717, 1.165) is 10.7 Å². The van der Waals surface area contributed by atoms with Crippen LogP contribution in [0.3, 0.4) is 0 Å². The second-order valence-electron chi connectivity index (χ2n) is 4.98. The van der Waals surface area contributed by atoms with Crippen molar-refractivity contribution in [2.75, 3.05) is 6.54 Å². The molecule has 0 aliphatic heterocycles. The molecule has 3 heteroatoms. The van der Waals surface area contributed by atoms with E-state index in [2.05, 4.69) is 50.4 Å². The summed E-state index contributed by atoms with van der Waals surface area (Å²) in [6.07, 6.45) is 0. The van der Waals surface area contributed by atoms with Gasteiger partial charge in [0, 0.05) is 23.4 Å². The number of rotatable bonds is 4. The van der Waals surface area contributed by atoms with Crippen LogP contribution in [0.1, 0.15) is 31.0 Å². The summed E-state index contributed by atoms with van der Waals surface area (Å²) in [6.45, 7) is 7.18. The van der Waals surface area contributed by atoms with Crippen LogP contribution in [0.5, 0.6) is 0 Å². The molecule has 0 saturated heterocycles. The molecule has 0 amide bonds. The Balaban J connectivity index is 2.34. The van der Waals surface area contributed by atoms with Gasteiger partial charge in [0.15, 0.2) is 0 Å². The van der Waals surface area contributed by atoms with Crippen LogP contribution in [0.2, 0.25) is 0 Å². The van der Waals surface area contributed by atoms with Gasteiger partial charge in [-0.3, -0.25) is 0 Å². The average Bonchev–Trinajstić information content (AvgIpc) is 2.79. The molecule has 2 rings (SSSR count). The molecule has 0 spiro atoms. The van der Waals surface area contributed by atoms with Crippen molar-refractivity contribution in [3.63, 3.8) is 0 Å². The van der Waals surface area contributed by atoms with Crippen molar-refractivity contribution in [3.05, 3.63) is 40.9 Å². The zero-order valence-corrected chi connectivity index (χ0v) is 12.0. The normalized spacial score (nSPS) is 12.9. The van der Waals surface area contributed by atoms with Crippen LogP contribution in [0.25, 0.3) is 10.6 Å². The third kappa shape index (κ3) is 2.62. The van der Waals surface area contributed by atoms with E-state index >= 15 is 0 Å². The highest BCUT2D eigenvalue weighted by molar-refractivity contribution is 7.13. The molecule has 18 heavy (non-hydrogen) atoms. The van der Waals surface area contributed by atoms with Crippen LogP contribution in [0, 0.1) is 12.8 Å². The van der Waals surface area contributed by atoms with Crippen molar-refractivity contribution in [1.82, 2.24) is 4.98 Å². The highest BCUT2D eigenvalue weighted by Gasteiger charge is 2.18. The third-order valence-electron chi connectivity index (χ3n) is 3.34. The van der Waals surface area contributed by atoms with Gasteiger partial charge in [-0.25, -0.2) is 4.98 Å². The lowest BCUT2D eigenvalue weighted by atomic mass is 9.93. The minimum absolute atomic E-state index is 0.360. The van der Waals surface area contributed by atoms with Gasteiger partial charge in [0.1, 0.15) is 5.01 Å². The predicted molar refractivity (Wildman–Crippen MR) is 78.9 cm³/mol. The monoisotopic (exact) mass is 260 g/mol. The van der Waals surface area contributed by atoms with Crippen LogP contribution in [-0.2, 0) is 0 Å². The number of benzene rings is 1. The van der Waals surface area contributed by atoms with E-state index in [-0.39, 0.29) is 0 Å². The minimum atomic E-state index is 0.360. The Labute approximate surface area is 113 Å². The summed E-state index contributed by atoms with van der Waals surface area (Å²) in [4.78, 5) is 4.77. The minimum Gasteiger partial charge on any atom is -0.330 e. The lowest BCUT2D eigenvalue weighted by Gasteiger charge is -2.15. The summed E-state index contributed by atoms with van der Waals surface area (Å²) in [7, 11) is 0. The molecular formula is C15H20N2S. The maximum Gasteiger partial charge on any atom is 0.123 e. The quantitative estimate of drug-likeness (QED) is 0.907. The molecule has 0 aliphatic rings. The molecule has 1 heterocycles. The fourth-order valence-electron chi connectivity index (χ4n) is 2.13. The van der Waals surface area contributed by atoms with Crippen LogP contribution < -0.4 is 5.73 Å². The average molecular weight is 260 g/mol. The van der Waals surface area contributed by atoms with E-state index < -0.39 is 0 Å². The Bertz CT molecular complexity index is 517. The lowest BCUT2D eigenvalue weighted by molar-refractivity contribution is 0.498. The van der Waals surface area contributed by atoms with Gasteiger partial charge in [0.25, 0.3) is 0 Å². The molecule has 0 saturated carbocycles. The number of hydrogen-bond acceptors (Lipinski definition) is 3.